The molecule has 0 bridgehead atoms. The van der Waals surface area contributed by atoms with Crippen molar-refractivity contribution in [2.24, 2.45) is 0 Å². The van der Waals surface area contributed by atoms with E-state index in [4.69, 9.17) is 43.6 Å². The molecule has 6 heteroatoms. The average molecular weight is 546 g/mol. The number of rotatable bonds is 3. The fraction of sp³-hybridized carbons (Fsp3) is 0. The molecule has 0 amide bonds. The molecule has 8 aromatic rings. The van der Waals surface area contributed by atoms with Gasteiger partial charge in [0.05, 0.1) is 0 Å². The van der Waals surface area contributed by atoms with Gasteiger partial charge in [-0.2, -0.15) is 0 Å². The summed E-state index contributed by atoms with van der Waals surface area (Å²) < 4.78 is 6.61. The lowest BCUT2D eigenvalue weighted by Crippen LogP contribution is -2.55. The predicted octanol–water partition coefficient (Wildman–Crippen LogP) is 4.86. The molecule has 0 atom stereocenters. The van der Waals surface area contributed by atoms with Gasteiger partial charge in [-0.15, -0.1) is 16.4 Å². The van der Waals surface area contributed by atoms with Crippen molar-refractivity contribution in [2.75, 3.05) is 0 Å². The average Bonchev–Trinajstić information content (AvgIpc) is 3.46. The third-order valence-corrected chi connectivity index (χ3v) is 8.76. The van der Waals surface area contributed by atoms with Gasteiger partial charge in [-0.25, -0.2) is 0 Å². The van der Waals surface area contributed by atoms with E-state index in [1.54, 1.807) is 0 Å². The molecule has 0 unspecified atom stereocenters. The number of fused-ring (bicyclic) bond motifs is 5. The van der Waals surface area contributed by atoms with Crippen molar-refractivity contribution in [3.05, 3.63) is 115 Å². The molecule has 0 fully saturated rings. The van der Waals surface area contributed by atoms with Crippen LogP contribution in [0.4, 0.5) is 0 Å². The first kappa shape index (κ1) is 26.8. The van der Waals surface area contributed by atoms with Crippen molar-refractivity contribution in [2.45, 2.75) is 0 Å². The van der Waals surface area contributed by atoms with Crippen LogP contribution < -0.4 is 27.3 Å². The largest absolute Gasteiger partial charge is 0.455 e. The molecule has 0 aliphatic heterocycles. The first-order valence-electron chi connectivity index (χ1n) is 14.4. The summed E-state index contributed by atoms with van der Waals surface area (Å²) in [6.45, 7) is 0. The van der Waals surface area contributed by atoms with Gasteiger partial charge in [0, 0.05) is 16.3 Å². The molecular formula is C38H19B5O. The van der Waals surface area contributed by atoms with E-state index in [2.05, 4.69) is 66.7 Å². The lowest BCUT2D eigenvalue weighted by molar-refractivity contribution is 0.670. The highest BCUT2D eigenvalue weighted by Gasteiger charge is 2.23. The maximum Gasteiger partial charge on any atom is 0.143 e. The van der Waals surface area contributed by atoms with E-state index >= 15 is 0 Å². The summed E-state index contributed by atoms with van der Waals surface area (Å²) >= 11 is 0. The summed E-state index contributed by atoms with van der Waals surface area (Å²) in [6.07, 6.45) is 0. The standard InChI is InChI=1S/C38H19B5O/c39-33-32(34(40)36(42)37(43)35(33)41)31-24-14-6-4-12-22(24)29(23-13-5-7-15-25(23)31)26-17-9-19-28-30(26)27-18-8-16-21(38(27)44-28)20-10-2-1-3-11-20/h1-19H. The summed E-state index contributed by atoms with van der Waals surface area (Å²) in [4.78, 5) is 0. The summed E-state index contributed by atoms with van der Waals surface area (Å²) in [7, 11) is 32.2. The zero-order valence-electron chi connectivity index (χ0n) is 23.8. The van der Waals surface area contributed by atoms with Crippen LogP contribution in [0, 0.1) is 0 Å². The Hall–Kier alpha value is -4.82. The molecule has 0 saturated heterocycles. The van der Waals surface area contributed by atoms with Crippen LogP contribution in [0.25, 0.3) is 76.9 Å². The summed E-state index contributed by atoms with van der Waals surface area (Å²) in [5.74, 6) is 0. The summed E-state index contributed by atoms with van der Waals surface area (Å²) in [6, 6.07) is 39.5. The van der Waals surface area contributed by atoms with Crippen molar-refractivity contribution in [3.8, 4) is 33.4 Å². The quantitative estimate of drug-likeness (QED) is 0.228. The van der Waals surface area contributed by atoms with E-state index in [9.17, 15) is 0 Å². The number of hydrogen-bond donors (Lipinski definition) is 0. The summed E-state index contributed by atoms with van der Waals surface area (Å²) in [5.41, 5.74) is 8.75. The van der Waals surface area contributed by atoms with E-state index in [0.29, 0.717) is 16.5 Å². The van der Waals surface area contributed by atoms with Crippen LogP contribution in [-0.4, -0.2) is 39.2 Å². The molecule has 0 N–H and O–H groups in total. The molecule has 192 valence electrons. The van der Waals surface area contributed by atoms with Gasteiger partial charge in [0.15, 0.2) is 0 Å². The maximum atomic E-state index is 6.65. The Morgan fingerprint density at radius 1 is 0.364 bits per heavy atom. The molecule has 1 nitrogen and oxygen atoms in total. The van der Waals surface area contributed by atoms with E-state index in [-0.39, 0.29) is 16.4 Å². The van der Waals surface area contributed by atoms with Gasteiger partial charge in [-0.1, -0.05) is 120 Å². The molecule has 44 heavy (non-hydrogen) atoms. The van der Waals surface area contributed by atoms with Gasteiger partial charge in [-0.3, -0.25) is 0 Å². The van der Waals surface area contributed by atoms with Gasteiger partial charge in [-0.05, 0) is 55.4 Å². The third-order valence-electron chi connectivity index (χ3n) is 8.76. The Kier molecular flexibility index (Phi) is 6.17. The smallest absolute Gasteiger partial charge is 0.143 e. The normalized spacial score (nSPS) is 11.6. The highest BCUT2D eigenvalue weighted by molar-refractivity contribution is 6.69. The predicted molar refractivity (Wildman–Crippen MR) is 192 cm³/mol. The van der Waals surface area contributed by atoms with Crippen LogP contribution in [-0.2, 0) is 0 Å². The highest BCUT2D eigenvalue weighted by atomic mass is 16.3. The molecular weight excluding hydrogens is 526 g/mol. The van der Waals surface area contributed by atoms with Gasteiger partial charge in [0.25, 0.3) is 0 Å². The van der Waals surface area contributed by atoms with Crippen LogP contribution in [0.3, 0.4) is 0 Å². The lowest BCUT2D eigenvalue weighted by Gasteiger charge is -2.25. The molecule has 0 saturated carbocycles. The van der Waals surface area contributed by atoms with Gasteiger partial charge in [0.1, 0.15) is 50.4 Å². The first-order chi connectivity index (χ1) is 21.5. The number of furan rings is 1. The monoisotopic (exact) mass is 546 g/mol. The summed E-state index contributed by atoms with van der Waals surface area (Å²) in [5, 5.41) is 6.13. The van der Waals surface area contributed by atoms with Crippen LogP contribution in [0.1, 0.15) is 0 Å². The van der Waals surface area contributed by atoms with Crippen molar-refractivity contribution < 1.29 is 4.42 Å². The molecule has 7 aromatic carbocycles. The first-order valence-corrected chi connectivity index (χ1v) is 14.4. The van der Waals surface area contributed by atoms with Crippen molar-refractivity contribution >= 4 is 110 Å². The second kappa shape index (κ2) is 10.1. The van der Waals surface area contributed by atoms with Crippen LogP contribution in [0.2, 0.25) is 0 Å². The van der Waals surface area contributed by atoms with E-state index in [0.717, 1.165) is 71.3 Å². The number of hydrogen-bond acceptors (Lipinski definition) is 1. The Morgan fingerprint density at radius 2 is 0.841 bits per heavy atom. The highest BCUT2D eigenvalue weighted by Crippen LogP contribution is 2.47. The van der Waals surface area contributed by atoms with Gasteiger partial charge in [0.2, 0.25) is 0 Å². The second-order valence-electron chi connectivity index (χ2n) is 11.1. The Morgan fingerprint density at radius 3 is 1.45 bits per heavy atom. The minimum Gasteiger partial charge on any atom is -0.455 e. The van der Waals surface area contributed by atoms with Crippen molar-refractivity contribution in [3.63, 3.8) is 0 Å². The Bertz CT molecular complexity index is 2360. The topological polar surface area (TPSA) is 13.1 Å². The molecule has 8 rings (SSSR count). The van der Waals surface area contributed by atoms with Crippen LogP contribution in [0.15, 0.2) is 120 Å². The van der Waals surface area contributed by atoms with Gasteiger partial charge < -0.3 is 4.42 Å². The van der Waals surface area contributed by atoms with Crippen molar-refractivity contribution in [1.29, 1.82) is 0 Å². The lowest BCUT2D eigenvalue weighted by atomic mass is 9.59. The number of benzene rings is 7. The minimum absolute atomic E-state index is 0.197. The SMILES string of the molecule is [B]c1c([B])c([B])c(-c2c3ccccc3c(-c3cccc4oc5c(-c6ccccc6)cccc5c34)c3ccccc23)c([B])c1[B]. The van der Waals surface area contributed by atoms with E-state index < -0.39 is 0 Å². The molecule has 0 aliphatic rings. The van der Waals surface area contributed by atoms with Crippen molar-refractivity contribution in [1.82, 2.24) is 0 Å². The zero-order chi connectivity index (χ0) is 30.1. The zero-order valence-corrected chi connectivity index (χ0v) is 23.8. The second-order valence-corrected chi connectivity index (χ2v) is 11.1. The van der Waals surface area contributed by atoms with E-state index in [1.165, 1.54) is 0 Å². The molecule has 0 spiro atoms. The Balaban J connectivity index is 1.53. The fourth-order valence-corrected chi connectivity index (χ4v) is 6.71. The van der Waals surface area contributed by atoms with Gasteiger partial charge >= 0.3 is 0 Å². The third kappa shape index (κ3) is 3.80. The Labute approximate surface area is 262 Å². The fourth-order valence-electron chi connectivity index (χ4n) is 6.71. The van der Waals surface area contributed by atoms with Crippen LogP contribution >= 0.6 is 0 Å². The molecule has 10 radical (unpaired) electrons. The van der Waals surface area contributed by atoms with Crippen LogP contribution in [0.5, 0.6) is 0 Å². The maximum absolute atomic E-state index is 6.65. The minimum atomic E-state index is 0.197. The molecule has 1 aromatic heterocycles. The molecule has 1 heterocycles. The molecule has 0 aliphatic carbocycles. The van der Waals surface area contributed by atoms with E-state index in [1.807, 2.05) is 48.5 Å². The number of para-hydroxylation sites is 1.